The summed E-state index contributed by atoms with van der Waals surface area (Å²) in [6, 6.07) is 9.20. The molecule has 0 aliphatic heterocycles. The minimum absolute atomic E-state index is 0.0840. The average Bonchev–Trinajstić information content (AvgIpc) is 2.84. The summed E-state index contributed by atoms with van der Waals surface area (Å²) in [5, 5.41) is 2.89. The molecule has 0 unspecified atom stereocenters. The number of hydrogen-bond acceptors (Lipinski definition) is 4. The number of carbonyl (C=O) groups excluding carboxylic acids is 1. The van der Waals surface area contributed by atoms with E-state index in [-0.39, 0.29) is 5.91 Å². The number of hydrazine groups is 1. The fraction of sp³-hybridized carbons (Fsp3) is 0.214. The van der Waals surface area contributed by atoms with Gasteiger partial charge in [0.2, 0.25) is 0 Å². The zero-order chi connectivity index (χ0) is 14.5. The molecule has 0 fully saturated rings. The molecular weight excluding hydrogens is 294 g/mol. The van der Waals surface area contributed by atoms with Crippen molar-refractivity contribution in [1.82, 2.24) is 5.32 Å². The lowest BCUT2D eigenvalue weighted by molar-refractivity contribution is 0.0954. The predicted octanol–water partition coefficient (Wildman–Crippen LogP) is 2.97. The second-order valence-electron chi connectivity index (χ2n) is 4.39. The molecule has 0 atom stereocenters. The fourth-order valence-corrected chi connectivity index (χ4v) is 2.94. The van der Waals surface area contributed by atoms with Crippen LogP contribution in [0.15, 0.2) is 30.3 Å². The van der Waals surface area contributed by atoms with Crippen LogP contribution in [0.4, 0.5) is 5.69 Å². The first-order valence-corrected chi connectivity index (χ1v) is 7.39. The van der Waals surface area contributed by atoms with E-state index >= 15 is 0 Å². The zero-order valence-corrected chi connectivity index (χ0v) is 12.6. The van der Waals surface area contributed by atoms with E-state index in [1.54, 1.807) is 12.1 Å². The third kappa shape index (κ3) is 3.72. The van der Waals surface area contributed by atoms with E-state index in [4.69, 9.17) is 17.4 Å². The van der Waals surface area contributed by atoms with Gasteiger partial charge in [-0.2, -0.15) is 0 Å². The molecule has 0 aliphatic carbocycles. The monoisotopic (exact) mass is 309 g/mol. The lowest BCUT2D eigenvalue weighted by Gasteiger charge is -2.08. The van der Waals surface area contributed by atoms with Crippen molar-refractivity contribution in [2.24, 2.45) is 5.84 Å². The van der Waals surface area contributed by atoms with E-state index in [9.17, 15) is 4.79 Å². The van der Waals surface area contributed by atoms with Crippen LogP contribution in [0.3, 0.4) is 0 Å². The Hall–Kier alpha value is -1.56. The SMILES string of the molecule is Cc1cc(C(=O)NCCc2ccc(Cl)s2)ccc1NN. The molecule has 2 aromatic rings. The average molecular weight is 310 g/mol. The molecule has 0 saturated carbocycles. The normalized spacial score (nSPS) is 10.3. The van der Waals surface area contributed by atoms with Crippen molar-refractivity contribution in [2.45, 2.75) is 13.3 Å². The standard InChI is InChI=1S/C14H16ClN3OS/c1-9-8-10(2-4-12(9)18-16)14(19)17-7-6-11-3-5-13(15)20-11/h2-5,8,18H,6-7,16H2,1H3,(H,17,19). The van der Waals surface area contributed by atoms with Crippen LogP contribution in [0.25, 0.3) is 0 Å². The highest BCUT2D eigenvalue weighted by Gasteiger charge is 2.07. The topological polar surface area (TPSA) is 67.2 Å². The van der Waals surface area contributed by atoms with E-state index in [2.05, 4.69) is 10.7 Å². The Bertz CT molecular complexity index is 612. The molecule has 0 saturated heterocycles. The summed E-state index contributed by atoms with van der Waals surface area (Å²) in [6.45, 7) is 2.49. The lowest BCUT2D eigenvalue weighted by Crippen LogP contribution is -2.25. The highest BCUT2D eigenvalue weighted by atomic mass is 35.5. The Morgan fingerprint density at radius 2 is 2.15 bits per heavy atom. The predicted molar refractivity (Wildman–Crippen MR) is 84.4 cm³/mol. The van der Waals surface area contributed by atoms with Crippen LogP contribution in [-0.2, 0) is 6.42 Å². The molecule has 106 valence electrons. The van der Waals surface area contributed by atoms with Gasteiger partial charge in [-0.1, -0.05) is 11.6 Å². The maximum absolute atomic E-state index is 12.0. The van der Waals surface area contributed by atoms with Crippen LogP contribution in [-0.4, -0.2) is 12.5 Å². The first-order chi connectivity index (χ1) is 9.60. The third-order valence-corrected chi connectivity index (χ3v) is 4.22. The Balaban J connectivity index is 1.90. The van der Waals surface area contributed by atoms with Gasteiger partial charge in [0.15, 0.2) is 0 Å². The number of aryl methyl sites for hydroxylation is 1. The Morgan fingerprint density at radius 3 is 2.75 bits per heavy atom. The van der Waals surface area contributed by atoms with Crippen molar-refractivity contribution in [3.63, 3.8) is 0 Å². The number of nitrogen functional groups attached to an aromatic ring is 1. The summed E-state index contributed by atoms with van der Waals surface area (Å²) in [6.07, 6.45) is 0.782. The van der Waals surface area contributed by atoms with Crippen LogP contribution >= 0.6 is 22.9 Å². The number of anilines is 1. The Morgan fingerprint density at radius 1 is 1.35 bits per heavy atom. The second kappa shape index (κ2) is 6.74. The van der Waals surface area contributed by atoms with Crippen molar-refractivity contribution in [3.05, 3.63) is 50.7 Å². The molecule has 1 aromatic carbocycles. The van der Waals surface area contributed by atoms with Gasteiger partial charge < -0.3 is 10.7 Å². The quantitative estimate of drug-likeness (QED) is 0.587. The van der Waals surface area contributed by atoms with Gasteiger partial charge in [-0.15, -0.1) is 11.3 Å². The smallest absolute Gasteiger partial charge is 0.251 e. The molecule has 6 heteroatoms. The molecule has 0 bridgehead atoms. The van der Waals surface area contributed by atoms with Gasteiger partial charge in [-0.25, -0.2) is 0 Å². The number of nitrogens with two attached hydrogens (primary N) is 1. The van der Waals surface area contributed by atoms with Crippen LogP contribution in [0.5, 0.6) is 0 Å². The molecule has 1 amide bonds. The Labute approximate surface area is 126 Å². The first-order valence-electron chi connectivity index (χ1n) is 6.20. The van der Waals surface area contributed by atoms with Gasteiger partial charge in [0, 0.05) is 17.0 Å². The van der Waals surface area contributed by atoms with Crippen molar-refractivity contribution in [1.29, 1.82) is 0 Å². The molecular formula is C14H16ClN3OS. The maximum Gasteiger partial charge on any atom is 0.251 e. The first kappa shape index (κ1) is 14.8. The summed E-state index contributed by atoms with van der Waals surface area (Å²) in [7, 11) is 0. The largest absolute Gasteiger partial charge is 0.352 e. The van der Waals surface area contributed by atoms with Crippen LogP contribution < -0.4 is 16.6 Å². The van der Waals surface area contributed by atoms with Crippen LogP contribution in [0.1, 0.15) is 20.8 Å². The van der Waals surface area contributed by atoms with Gasteiger partial charge >= 0.3 is 0 Å². The molecule has 1 heterocycles. The number of carbonyl (C=O) groups is 1. The summed E-state index contributed by atoms with van der Waals surface area (Å²) >= 11 is 7.39. The fourth-order valence-electron chi connectivity index (χ4n) is 1.85. The molecule has 2 rings (SSSR count). The second-order valence-corrected chi connectivity index (χ2v) is 6.19. The van der Waals surface area contributed by atoms with Crippen molar-refractivity contribution in [2.75, 3.05) is 12.0 Å². The molecule has 0 aliphatic rings. The van der Waals surface area contributed by atoms with Crippen LogP contribution in [0, 0.1) is 6.92 Å². The summed E-state index contributed by atoms with van der Waals surface area (Å²) < 4.78 is 0.770. The number of nitrogens with one attached hydrogen (secondary N) is 2. The van der Waals surface area contributed by atoms with E-state index < -0.39 is 0 Å². The van der Waals surface area contributed by atoms with E-state index in [1.807, 2.05) is 25.1 Å². The van der Waals surface area contributed by atoms with Gasteiger partial charge in [0.25, 0.3) is 5.91 Å². The van der Waals surface area contributed by atoms with Gasteiger partial charge in [0.05, 0.1) is 10.0 Å². The molecule has 4 nitrogen and oxygen atoms in total. The molecule has 4 N–H and O–H groups in total. The molecule has 1 aromatic heterocycles. The highest BCUT2D eigenvalue weighted by molar-refractivity contribution is 7.16. The summed E-state index contributed by atoms with van der Waals surface area (Å²) in [4.78, 5) is 13.2. The van der Waals surface area contributed by atoms with E-state index in [0.717, 1.165) is 26.9 Å². The number of thiophene rings is 1. The van der Waals surface area contributed by atoms with Crippen LogP contribution in [0.2, 0.25) is 4.34 Å². The summed E-state index contributed by atoms with van der Waals surface area (Å²) in [5.41, 5.74) is 4.97. The molecule has 20 heavy (non-hydrogen) atoms. The van der Waals surface area contributed by atoms with E-state index in [1.165, 1.54) is 11.3 Å². The maximum atomic E-state index is 12.0. The number of halogens is 1. The summed E-state index contributed by atoms with van der Waals surface area (Å²) in [5.74, 6) is 5.28. The lowest BCUT2D eigenvalue weighted by atomic mass is 10.1. The van der Waals surface area contributed by atoms with Gasteiger partial charge in [-0.3, -0.25) is 10.6 Å². The number of benzene rings is 1. The van der Waals surface area contributed by atoms with Crippen molar-refractivity contribution < 1.29 is 4.79 Å². The minimum Gasteiger partial charge on any atom is -0.352 e. The number of hydrogen-bond donors (Lipinski definition) is 3. The minimum atomic E-state index is -0.0840. The number of rotatable bonds is 5. The molecule has 0 spiro atoms. The van der Waals surface area contributed by atoms with Gasteiger partial charge in [-0.05, 0) is 49.2 Å². The van der Waals surface area contributed by atoms with Gasteiger partial charge in [0.1, 0.15) is 0 Å². The number of amides is 1. The highest BCUT2D eigenvalue weighted by Crippen LogP contribution is 2.21. The Kier molecular flexibility index (Phi) is 5.00. The molecule has 0 radical (unpaired) electrons. The zero-order valence-electron chi connectivity index (χ0n) is 11.1. The van der Waals surface area contributed by atoms with E-state index in [0.29, 0.717) is 12.1 Å². The third-order valence-electron chi connectivity index (χ3n) is 2.93. The van der Waals surface area contributed by atoms with Crippen molar-refractivity contribution in [3.8, 4) is 0 Å². The van der Waals surface area contributed by atoms with Crippen molar-refractivity contribution >= 4 is 34.5 Å².